The zero-order valence-electron chi connectivity index (χ0n) is 10.3. The van der Waals surface area contributed by atoms with Gasteiger partial charge in [-0.1, -0.05) is 35.5 Å². The molecule has 6 nitrogen and oxygen atoms in total. The second kappa shape index (κ2) is 4.91. The summed E-state index contributed by atoms with van der Waals surface area (Å²) in [6.45, 7) is 1.58. The van der Waals surface area contributed by atoms with Crippen LogP contribution in [0, 0.1) is 0 Å². The molecule has 1 saturated heterocycles. The number of hydrogen-bond donors (Lipinski definition) is 2. The lowest BCUT2D eigenvalue weighted by Gasteiger charge is -2.34. The minimum Gasteiger partial charge on any atom is -0.358 e. The van der Waals surface area contributed by atoms with Gasteiger partial charge in [-0.15, -0.1) is 5.10 Å². The lowest BCUT2D eigenvalue weighted by atomic mass is 9.88. The van der Waals surface area contributed by atoms with Crippen molar-refractivity contribution in [2.75, 3.05) is 19.7 Å². The monoisotopic (exact) mass is 258 g/mol. The van der Waals surface area contributed by atoms with E-state index in [1.165, 1.54) is 0 Å². The minimum absolute atomic E-state index is 0.103. The van der Waals surface area contributed by atoms with Crippen molar-refractivity contribution in [3.05, 3.63) is 47.8 Å². The van der Waals surface area contributed by atoms with Crippen LogP contribution in [0.1, 0.15) is 16.1 Å². The molecule has 3 rings (SSSR count). The van der Waals surface area contributed by atoms with E-state index in [0.717, 1.165) is 6.54 Å². The van der Waals surface area contributed by atoms with Crippen molar-refractivity contribution in [3.63, 3.8) is 0 Å². The molecule has 0 aliphatic carbocycles. The van der Waals surface area contributed by atoms with Gasteiger partial charge in [-0.2, -0.15) is 0 Å². The predicted molar refractivity (Wildman–Crippen MR) is 67.7 cm³/mol. The summed E-state index contributed by atoms with van der Waals surface area (Å²) < 4.78 is 5.79. The number of rotatable bonds is 3. The standard InChI is InChI=1S/C13H14N4O2/c18-12(10-4-2-1-3-5-10)13(9-14-6-7-19-13)11-8-15-17-16-11/h1-5,8,14H,6-7,9H2,(H,15,16,17). The number of Topliss-reactive ketones (excluding diaryl/α,β-unsaturated/α-hetero) is 1. The first-order chi connectivity index (χ1) is 9.33. The smallest absolute Gasteiger partial charge is 0.202 e. The highest BCUT2D eigenvalue weighted by atomic mass is 16.5. The van der Waals surface area contributed by atoms with E-state index in [4.69, 9.17) is 4.74 Å². The number of carbonyl (C=O) groups excluding carboxylic acids is 1. The van der Waals surface area contributed by atoms with Crippen molar-refractivity contribution in [1.82, 2.24) is 20.7 Å². The Hall–Kier alpha value is -2.05. The maximum absolute atomic E-state index is 12.8. The Morgan fingerprint density at radius 3 is 2.79 bits per heavy atom. The van der Waals surface area contributed by atoms with Crippen LogP contribution < -0.4 is 5.32 Å². The number of carbonyl (C=O) groups is 1. The number of aromatic amines is 1. The Morgan fingerprint density at radius 1 is 1.32 bits per heavy atom. The average molecular weight is 258 g/mol. The number of ether oxygens (including phenoxy) is 1. The largest absolute Gasteiger partial charge is 0.358 e. The van der Waals surface area contributed by atoms with E-state index < -0.39 is 5.60 Å². The van der Waals surface area contributed by atoms with Gasteiger partial charge in [-0.25, -0.2) is 0 Å². The molecule has 0 radical (unpaired) electrons. The highest BCUT2D eigenvalue weighted by Crippen LogP contribution is 2.29. The molecule has 1 aromatic heterocycles. The van der Waals surface area contributed by atoms with Gasteiger partial charge in [0.15, 0.2) is 5.60 Å². The van der Waals surface area contributed by atoms with E-state index in [-0.39, 0.29) is 5.78 Å². The fourth-order valence-corrected chi connectivity index (χ4v) is 2.26. The quantitative estimate of drug-likeness (QED) is 0.784. The molecule has 0 spiro atoms. The fraction of sp³-hybridized carbons (Fsp3) is 0.308. The molecule has 2 aromatic rings. The van der Waals surface area contributed by atoms with E-state index in [9.17, 15) is 4.79 Å². The first-order valence-corrected chi connectivity index (χ1v) is 6.14. The molecule has 1 fully saturated rings. The Kier molecular flexibility index (Phi) is 3.10. The van der Waals surface area contributed by atoms with Gasteiger partial charge in [0, 0.05) is 24.8 Å². The summed E-state index contributed by atoms with van der Waals surface area (Å²) in [6, 6.07) is 9.10. The van der Waals surface area contributed by atoms with Crippen molar-refractivity contribution >= 4 is 5.78 Å². The number of morpholine rings is 1. The molecular weight excluding hydrogens is 244 g/mol. The van der Waals surface area contributed by atoms with Crippen molar-refractivity contribution in [2.24, 2.45) is 0 Å². The molecule has 6 heteroatoms. The third-order valence-corrected chi connectivity index (χ3v) is 3.23. The molecule has 1 atom stereocenters. The molecule has 1 unspecified atom stereocenters. The molecule has 19 heavy (non-hydrogen) atoms. The van der Waals surface area contributed by atoms with Gasteiger partial charge < -0.3 is 10.1 Å². The molecule has 0 saturated carbocycles. The first-order valence-electron chi connectivity index (χ1n) is 6.14. The van der Waals surface area contributed by atoms with E-state index in [1.54, 1.807) is 18.3 Å². The Bertz CT molecular complexity index is 547. The molecule has 0 bridgehead atoms. The predicted octanol–water partition coefficient (Wildman–Crippen LogP) is 0.503. The number of hydrogen-bond acceptors (Lipinski definition) is 5. The number of nitrogens with zero attached hydrogens (tertiary/aromatic N) is 2. The third kappa shape index (κ3) is 2.05. The summed E-state index contributed by atoms with van der Waals surface area (Å²) in [5.41, 5.74) is 0.0230. The molecule has 2 N–H and O–H groups in total. The van der Waals surface area contributed by atoms with Crippen LogP contribution >= 0.6 is 0 Å². The highest BCUT2D eigenvalue weighted by molar-refractivity contribution is 6.03. The summed E-state index contributed by atoms with van der Waals surface area (Å²) in [5.74, 6) is -0.103. The molecule has 0 amide bonds. The van der Waals surface area contributed by atoms with Gasteiger partial charge in [-0.3, -0.25) is 9.89 Å². The van der Waals surface area contributed by atoms with Crippen LogP contribution in [0.4, 0.5) is 0 Å². The van der Waals surface area contributed by atoms with Crippen LogP contribution in [0.3, 0.4) is 0 Å². The second-order valence-corrected chi connectivity index (χ2v) is 4.41. The van der Waals surface area contributed by atoms with Crippen molar-refractivity contribution in [2.45, 2.75) is 5.60 Å². The lowest BCUT2D eigenvalue weighted by molar-refractivity contribution is -0.0496. The maximum atomic E-state index is 12.8. The maximum Gasteiger partial charge on any atom is 0.202 e. The van der Waals surface area contributed by atoms with E-state index in [1.807, 2.05) is 18.2 Å². The summed E-state index contributed by atoms with van der Waals surface area (Å²) in [7, 11) is 0. The topological polar surface area (TPSA) is 79.9 Å². The highest BCUT2D eigenvalue weighted by Gasteiger charge is 2.45. The number of H-pyrrole nitrogens is 1. The number of nitrogens with one attached hydrogen (secondary N) is 2. The molecule has 1 aromatic carbocycles. The van der Waals surface area contributed by atoms with Gasteiger partial charge in [0.05, 0.1) is 6.61 Å². The van der Waals surface area contributed by atoms with Crippen LogP contribution in [-0.2, 0) is 10.3 Å². The molecule has 1 aliphatic rings. The normalized spacial score (nSPS) is 23.2. The SMILES string of the molecule is O=C(c1ccccc1)C1(c2c[nH]nn2)CNCCO1. The van der Waals surface area contributed by atoms with Crippen LogP contribution in [0.25, 0.3) is 0 Å². The van der Waals surface area contributed by atoms with Crippen LogP contribution in [0.5, 0.6) is 0 Å². The Labute approximate surface area is 110 Å². The first kappa shape index (κ1) is 12.0. The minimum atomic E-state index is -1.09. The lowest BCUT2D eigenvalue weighted by Crippen LogP contribution is -2.52. The van der Waals surface area contributed by atoms with Gasteiger partial charge in [0.25, 0.3) is 0 Å². The van der Waals surface area contributed by atoms with E-state index in [2.05, 4.69) is 20.7 Å². The van der Waals surface area contributed by atoms with E-state index >= 15 is 0 Å². The third-order valence-electron chi connectivity index (χ3n) is 3.23. The van der Waals surface area contributed by atoms with Crippen LogP contribution in [-0.4, -0.2) is 40.9 Å². The van der Waals surface area contributed by atoms with Crippen LogP contribution in [0.2, 0.25) is 0 Å². The van der Waals surface area contributed by atoms with Crippen molar-refractivity contribution < 1.29 is 9.53 Å². The van der Waals surface area contributed by atoms with Crippen LogP contribution in [0.15, 0.2) is 36.5 Å². The molecule has 2 heterocycles. The summed E-state index contributed by atoms with van der Waals surface area (Å²) >= 11 is 0. The summed E-state index contributed by atoms with van der Waals surface area (Å²) in [5, 5.41) is 13.5. The van der Waals surface area contributed by atoms with Crippen molar-refractivity contribution in [3.8, 4) is 0 Å². The number of benzene rings is 1. The van der Waals surface area contributed by atoms with Gasteiger partial charge >= 0.3 is 0 Å². The molecule has 1 aliphatic heterocycles. The molecule has 98 valence electrons. The zero-order valence-corrected chi connectivity index (χ0v) is 10.3. The van der Waals surface area contributed by atoms with Gasteiger partial charge in [-0.05, 0) is 0 Å². The summed E-state index contributed by atoms with van der Waals surface area (Å²) in [6.07, 6.45) is 1.60. The second-order valence-electron chi connectivity index (χ2n) is 4.41. The zero-order chi connectivity index (χ0) is 13.1. The number of ketones is 1. The van der Waals surface area contributed by atoms with Gasteiger partial charge in [0.1, 0.15) is 5.69 Å². The van der Waals surface area contributed by atoms with Gasteiger partial charge in [0.2, 0.25) is 5.78 Å². The number of aromatic nitrogens is 3. The fourth-order valence-electron chi connectivity index (χ4n) is 2.26. The molecular formula is C13H14N4O2. The Balaban J connectivity index is 2.03. The summed E-state index contributed by atoms with van der Waals surface area (Å²) in [4.78, 5) is 12.8. The average Bonchev–Trinajstić information content (AvgIpc) is 3.03. The Morgan fingerprint density at radius 2 is 2.16 bits per heavy atom. The van der Waals surface area contributed by atoms with Crippen molar-refractivity contribution in [1.29, 1.82) is 0 Å². The van der Waals surface area contributed by atoms with E-state index in [0.29, 0.717) is 24.4 Å².